The molecule has 8 aromatic carbocycles. The van der Waals surface area contributed by atoms with Gasteiger partial charge in [-0.25, -0.2) is 19.7 Å². The molecule has 0 atom stereocenters. The van der Waals surface area contributed by atoms with Crippen LogP contribution in [0.15, 0.2) is 196 Å². The van der Waals surface area contributed by atoms with E-state index in [0.717, 1.165) is 152 Å². The van der Waals surface area contributed by atoms with E-state index in [1.165, 1.54) is 261 Å². The Balaban J connectivity index is 0.000000406. The van der Waals surface area contributed by atoms with Crippen molar-refractivity contribution < 1.29 is 68.2 Å². The fourth-order valence-corrected chi connectivity index (χ4v) is 18.2. The van der Waals surface area contributed by atoms with E-state index in [9.17, 15) is 9.59 Å². The minimum absolute atomic E-state index is 0. The zero-order chi connectivity index (χ0) is 89.6. The molecule has 0 radical (unpaired) electrons. The number of nitrogens with two attached hydrogens (primary N) is 1. The number of hydrogen-bond acceptors (Lipinski definition) is 18. The van der Waals surface area contributed by atoms with Gasteiger partial charge in [0, 0.05) is 49.1 Å². The van der Waals surface area contributed by atoms with Crippen LogP contribution in [-0.4, -0.2) is 70.4 Å². The number of ether oxygens (including phenoxy) is 4. The number of aromatic nitrogens is 3. The standard InChI is InChI=1S/C32H47NOS2.C20H22BrNOS.C20H23NOS.C14H20O2.C12H26S.C6H7NS.C2H4O3.CH4.Na/c1-3-5-7-9-10-11-12-13-15-17-25-35-29-22-23-30-31(26-29)36-32(33-30)27-18-20-28(21-19-27)34-24-16-14-8-6-4-2;1-2-3-4-5-6-13-23-17-10-7-15(8-11-17)20-22-18-12-9-16(21)14-19(18)24-20;1-2-3-4-5-8-15-22-17-13-11-16(12-14-17)20-21-18-9-6-7-10-19(18)23-20;1-2-3-4-5-6-11-16-14-9-7-13(12-15)8-10-14;1-2-3-4-5-6-7-8-9-10-11-12-13;7-5-3-1-2-4-6(5)8;1-2(3)5-4;;/h18-23,26H,3-17,24-25H2,1-2H3;7-12,14H,2-6,13H2,1H3;6-7,9-14H,2-5,8,15H2,1H3;7-10,12H,2-6,11H2,1H3;13H,2-12H2,1H3;1-4,8H,7H2;4H,1H3;1H4;/q;;;;;;;;+1/p-1. The number of hydrogen-bond donors (Lipinski definition) is 3. The Hall–Kier alpha value is -5.94. The monoisotopic (exact) mass is 1910 g/mol. The van der Waals surface area contributed by atoms with Gasteiger partial charge in [-0.2, -0.15) is 11.0 Å². The molecule has 0 fully saturated rings. The molecular weight excluding hydrogens is 1760 g/mol. The number of thiazole rings is 3. The van der Waals surface area contributed by atoms with Crippen LogP contribution in [0.25, 0.3) is 62.4 Å². The van der Waals surface area contributed by atoms with Crippen LogP contribution in [0.4, 0.5) is 5.69 Å². The molecule has 20 heteroatoms. The van der Waals surface area contributed by atoms with Crippen LogP contribution >= 0.6 is 74.3 Å². The summed E-state index contributed by atoms with van der Waals surface area (Å²) in [5.41, 5.74) is 13.6. The molecule has 127 heavy (non-hydrogen) atoms. The molecule has 0 spiro atoms. The second-order valence-corrected chi connectivity index (χ2v) is 37.7. The maximum Gasteiger partial charge on any atom is 1.00 e. The van der Waals surface area contributed by atoms with E-state index in [0.29, 0.717) is 5.56 Å². The number of unbranched alkanes of at least 4 members (excludes halogenated alkanes) is 34. The van der Waals surface area contributed by atoms with E-state index >= 15 is 0 Å². The fraction of sp³-hybridized carbons (Fsp3) is 0.505. The summed E-state index contributed by atoms with van der Waals surface area (Å²) in [7, 11) is 0. The molecule has 0 aliphatic heterocycles. The van der Waals surface area contributed by atoms with Crippen LogP contribution in [0.5, 0.6) is 23.0 Å². The predicted molar refractivity (Wildman–Crippen MR) is 558 cm³/mol. The van der Waals surface area contributed by atoms with Gasteiger partial charge in [0.25, 0.3) is 0 Å². The van der Waals surface area contributed by atoms with Gasteiger partial charge in [0.15, 0.2) is 0 Å². The first kappa shape index (κ1) is 115. The van der Waals surface area contributed by atoms with Crippen LogP contribution in [0.3, 0.4) is 0 Å². The zero-order valence-corrected chi connectivity index (χ0v) is 86.1. The van der Waals surface area contributed by atoms with Crippen molar-refractivity contribution in [3.8, 4) is 54.7 Å². The molecule has 12 nitrogen and oxygen atoms in total. The third-order valence-corrected chi connectivity index (χ3v) is 26.2. The second-order valence-electron chi connectivity index (χ2n) is 31.6. The third-order valence-electron chi connectivity index (χ3n) is 20.7. The molecule has 0 bridgehead atoms. The number of fused-ring (bicyclic) bond motifs is 3. The van der Waals surface area contributed by atoms with Gasteiger partial charge >= 0.3 is 35.5 Å². The third kappa shape index (κ3) is 53.4. The fourth-order valence-electron chi connectivity index (χ4n) is 13.3. The first-order chi connectivity index (χ1) is 61.3. The van der Waals surface area contributed by atoms with E-state index in [1.54, 1.807) is 46.1 Å². The van der Waals surface area contributed by atoms with Crippen molar-refractivity contribution in [2.45, 2.75) is 323 Å². The number of nitrogen functional groups attached to an aromatic ring is 1. The molecule has 0 saturated heterocycles. The van der Waals surface area contributed by atoms with Crippen LogP contribution in [0, 0.1) is 0 Å². The molecule has 3 aromatic heterocycles. The second kappa shape index (κ2) is 76.6. The van der Waals surface area contributed by atoms with E-state index in [4.69, 9.17) is 57.5 Å². The molecule has 11 aromatic rings. The Morgan fingerprint density at radius 1 is 0.409 bits per heavy atom. The van der Waals surface area contributed by atoms with Gasteiger partial charge in [0.05, 0.1) is 57.1 Å². The van der Waals surface area contributed by atoms with Gasteiger partial charge in [-0.1, -0.05) is 314 Å². The summed E-state index contributed by atoms with van der Waals surface area (Å²) in [4.78, 5) is 39.4. The number of carbonyl (C=O) groups is 2. The molecule has 0 aliphatic rings. The molecule has 3 heterocycles. The van der Waals surface area contributed by atoms with Crippen LogP contribution < -0.4 is 54.2 Å². The number of benzene rings is 8. The number of halogens is 1. The number of rotatable bonds is 54. The minimum atomic E-state index is -0.690. The van der Waals surface area contributed by atoms with Gasteiger partial charge in [0.2, 0.25) is 0 Å². The Labute approximate surface area is 824 Å². The van der Waals surface area contributed by atoms with Gasteiger partial charge in [-0.3, -0.25) is 4.79 Å². The minimum Gasteiger partial charge on any atom is -0.793 e. The van der Waals surface area contributed by atoms with Crippen LogP contribution in [-0.2, 0) is 22.3 Å². The molecule has 0 saturated carbocycles. The number of nitrogens with zero attached hydrogens (tertiary/aromatic N) is 3. The van der Waals surface area contributed by atoms with Crippen LogP contribution in [0.2, 0.25) is 0 Å². The van der Waals surface area contributed by atoms with E-state index in [-0.39, 0.29) is 37.0 Å². The summed E-state index contributed by atoms with van der Waals surface area (Å²) in [5, 5.41) is 10.5. The van der Waals surface area contributed by atoms with Crippen molar-refractivity contribution in [3.05, 3.63) is 192 Å². The molecule has 11 rings (SSSR count). The normalized spacial score (nSPS) is 10.5. The largest absolute Gasteiger partial charge is 1.00 e. The Morgan fingerprint density at radius 2 is 0.717 bits per heavy atom. The summed E-state index contributed by atoms with van der Waals surface area (Å²) in [6, 6.07) is 61.0. The first-order valence-electron chi connectivity index (χ1n) is 47.0. The molecule has 0 unspecified atom stereocenters. The molecule has 3 N–H and O–H groups in total. The maximum absolute atomic E-state index is 10.4. The number of anilines is 1. The number of carbonyl (C=O) groups excluding carboxylic acids is 2. The summed E-state index contributed by atoms with van der Waals surface area (Å²) in [5.74, 6) is 5.18. The van der Waals surface area contributed by atoms with Crippen LogP contribution in [0.1, 0.15) is 323 Å². The van der Waals surface area contributed by atoms with Crippen molar-refractivity contribution in [2.75, 3.05) is 43.7 Å². The Morgan fingerprint density at radius 3 is 1.06 bits per heavy atom. The smallest absolute Gasteiger partial charge is 0.793 e. The van der Waals surface area contributed by atoms with E-state index in [2.05, 4.69) is 172 Å². The van der Waals surface area contributed by atoms with Crippen molar-refractivity contribution in [3.63, 3.8) is 0 Å². The molecule has 0 amide bonds. The predicted octanol–water partition coefficient (Wildman–Crippen LogP) is 32.2. The van der Waals surface area contributed by atoms with Gasteiger partial charge in [-0.05, 0) is 196 Å². The zero-order valence-electron chi connectivity index (χ0n) is 77.5. The quantitative estimate of drug-likeness (QED) is 0.00379. The number of para-hydroxylation sites is 2. The summed E-state index contributed by atoms with van der Waals surface area (Å²) >= 11 is 19.7. The first-order valence-corrected chi connectivity index (χ1v) is 52.3. The van der Waals surface area contributed by atoms with Gasteiger partial charge in [0.1, 0.15) is 44.3 Å². The summed E-state index contributed by atoms with van der Waals surface area (Å²) in [6.07, 6.45) is 54.1. The van der Waals surface area contributed by atoms with Crippen molar-refractivity contribution in [1.82, 2.24) is 15.0 Å². The molecule has 692 valence electrons. The van der Waals surface area contributed by atoms with Crippen molar-refractivity contribution in [1.29, 1.82) is 0 Å². The number of aldehydes is 1. The number of thioether (sulfide) groups is 1. The van der Waals surface area contributed by atoms with Gasteiger partial charge < -0.3 is 42.2 Å². The Bertz CT molecular complexity index is 4430. The maximum atomic E-state index is 10.4. The average molecular weight is 1920 g/mol. The van der Waals surface area contributed by atoms with Crippen molar-refractivity contribution in [2.24, 2.45) is 0 Å². The van der Waals surface area contributed by atoms with E-state index < -0.39 is 5.97 Å². The SMILES string of the molecule is C.CC(=O)OO.CCCCCCCCCCCCSc1ccc2nc(-c3ccc(OCCCCCCC)cc3)sc2c1.CCCCCCCCCCCC[S-].CCCCCCCOc1ccc(-c2nc3ccc(Br)cc3s2)cc1.CCCCCCCOc1ccc(-c2nc3ccccc3s2)cc1.CCCCCCCOc1ccc(C=O)cc1.Nc1ccccc1S.[Na+]. The van der Waals surface area contributed by atoms with Crippen molar-refractivity contribution >= 4 is 136 Å². The average Bonchev–Trinajstić information content (AvgIpc) is 1.69. The summed E-state index contributed by atoms with van der Waals surface area (Å²) < 4.78 is 27.9. The Kier molecular flexibility index (Phi) is 69.5. The van der Waals surface area contributed by atoms with Gasteiger partial charge in [-0.15, -0.1) is 58.4 Å². The molecule has 0 aliphatic carbocycles. The summed E-state index contributed by atoms with van der Waals surface area (Å²) in [6.45, 7) is 17.8. The molecular formula is C107H152BrN4NaO8S6. The van der Waals surface area contributed by atoms with E-state index in [1.807, 2.05) is 84.6 Å². The topological polar surface area (TPSA) is 165 Å². The number of thiol groups is 1.